The number of amides is 3. The highest BCUT2D eigenvalue weighted by atomic mass is 35.5. The SMILES string of the molecule is CCOc1cc(S(=O)(=O)N(C)C)ccc1C1=N[C@@H](c2ccc(Cl)cc2)[C@@H](c2ccc(Cl)cc2)N1C(=O)N1CCN(CC(=O)N(C)C)CC1.Cl. The summed E-state index contributed by atoms with van der Waals surface area (Å²) in [6.45, 7) is 4.20. The predicted octanol–water partition coefficient (Wildman–Crippen LogP) is 5.43. The molecule has 15 heteroatoms. The first-order chi connectivity index (χ1) is 22.8. The van der Waals surface area contributed by atoms with Gasteiger partial charge in [-0.25, -0.2) is 17.5 Å². The number of carbonyl (C=O) groups is 2. The summed E-state index contributed by atoms with van der Waals surface area (Å²) in [5, 5.41) is 1.12. The zero-order chi connectivity index (χ0) is 34.7. The number of piperazine rings is 1. The largest absolute Gasteiger partial charge is 0.493 e. The van der Waals surface area contributed by atoms with Gasteiger partial charge in [0.25, 0.3) is 0 Å². The number of carbonyl (C=O) groups excluding carboxylic acids is 2. The number of rotatable bonds is 9. The molecule has 11 nitrogen and oxygen atoms in total. The topological polar surface area (TPSA) is 106 Å². The van der Waals surface area contributed by atoms with E-state index in [9.17, 15) is 18.0 Å². The van der Waals surface area contributed by atoms with E-state index in [1.165, 1.54) is 26.2 Å². The summed E-state index contributed by atoms with van der Waals surface area (Å²) in [6.07, 6.45) is 0. The zero-order valence-electron chi connectivity index (χ0n) is 28.0. The number of amidine groups is 1. The molecule has 264 valence electrons. The molecule has 2 heterocycles. The summed E-state index contributed by atoms with van der Waals surface area (Å²) in [5.41, 5.74) is 2.13. The van der Waals surface area contributed by atoms with Crippen LogP contribution in [0, 0.1) is 0 Å². The van der Waals surface area contributed by atoms with Gasteiger partial charge in [0, 0.05) is 70.5 Å². The van der Waals surface area contributed by atoms with Gasteiger partial charge in [-0.3, -0.25) is 19.6 Å². The summed E-state index contributed by atoms with van der Waals surface area (Å²) in [6, 6.07) is 17.9. The van der Waals surface area contributed by atoms with E-state index in [1.54, 1.807) is 59.1 Å². The third-order valence-corrected chi connectivity index (χ3v) is 10.8. The summed E-state index contributed by atoms with van der Waals surface area (Å²) < 4.78 is 33.3. The number of sulfonamides is 1. The third-order valence-electron chi connectivity index (χ3n) is 8.47. The molecule has 0 aliphatic carbocycles. The van der Waals surface area contributed by atoms with Crippen LogP contribution in [0.5, 0.6) is 5.75 Å². The average Bonchev–Trinajstić information content (AvgIpc) is 3.45. The number of likely N-dealkylation sites (N-methyl/N-ethyl adjacent to an activating group) is 1. The number of hydrogen-bond acceptors (Lipinski definition) is 7. The van der Waals surface area contributed by atoms with Gasteiger partial charge in [0.2, 0.25) is 15.9 Å². The number of benzene rings is 3. The van der Waals surface area contributed by atoms with E-state index in [-0.39, 0.29) is 48.1 Å². The molecular formula is C34H41Cl3N6O5S. The number of ether oxygens (including phenoxy) is 1. The molecule has 0 bridgehead atoms. The van der Waals surface area contributed by atoms with Crippen molar-refractivity contribution in [2.24, 2.45) is 4.99 Å². The van der Waals surface area contributed by atoms with Crippen molar-refractivity contribution < 1.29 is 22.7 Å². The molecule has 0 unspecified atom stereocenters. The van der Waals surface area contributed by atoms with E-state index >= 15 is 0 Å². The van der Waals surface area contributed by atoms with Crippen LogP contribution in [-0.4, -0.2) is 118 Å². The van der Waals surface area contributed by atoms with Gasteiger partial charge in [0.15, 0.2) is 0 Å². The normalized spacial score (nSPS) is 18.2. The van der Waals surface area contributed by atoms with Crippen molar-refractivity contribution in [3.05, 3.63) is 93.5 Å². The Hall–Kier alpha value is -3.39. The molecular weight excluding hydrogens is 711 g/mol. The second-order valence-corrected chi connectivity index (χ2v) is 15.1. The van der Waals surface area contributed by atoms with Crippen LogP contribution < -0.4 is 4.74 Å². The van der Waals surface area contributed by atoms with Crippen LogP contribution in [0.15, 0.2) is 76.6 Å². The van der Waals surface area contributed by atoms with Crippen LogP contribution in [0.2, 0.25) is 10.0 Å². The fourth-order valence-electron chi connectivity index (χ4n) is 5.77. The van der Waals surface area contributed by atoms with Crippen LogP contribution in [0.25, 0.3) is 0 Å². The average molecular weight is 752 g/mol. The monoisotopic (exact) mass is 750 g/mol. The highest BCUT2D eigenvalue weighted by molar-refractivity contribution is 7.89. The molecule has 1 fully saturated rings. The second kappa shape index (κ2) is 16.1. The molecule has 3 amide bonds. The number of halogens is 3. The van der Waals surface area contributed by atoms with Gasteiger partial charge in [0.05, 0.1) is 29.7 Å². The van der Waals surface area contributed by atoms with Gasteiger partial charge in [-0.05, 0) is 54.4 Å². The van der Waals surface area contributed by atoms with Crippen molar-refractivity contribution in [3.8, 4) is 5.75 Å². The predicted molar refractivity (Wildman–Crippen MR) is 195 cm³/mol. The molecule has 3 aromatic carbocycles. The Morgan fingerprint density at radius 1 is 0.878 bits per heavy atom. The molecule has 3 aromatic rings. The van der Waals surface area contributed by atoms with Gasteiger partial charge in [-0.15, -0.1) is 12.4 Å². The van der Waals surface area contributed by atoms with Crippen molar-refractivity contribution in [1.29, 1.82) is 0 Å². The standard InChI is InChI=1S/C34H40Cl2N6O5S.ClH/c1-6-47-29-21-27(48(45,46)39(4)5)15-16-28(29)33-37-31(23-7-11-25(35)12-8-23)32(24-9-13-26(36)14-10-24)42(33)34(44)41-19-17-40(18-20-41)22-30(43)38(2)3;/h7-16,21,31-32H,6,17-20,22H2,1-5H3;1H/t31-,32+;/m0./s1. The lowest BCUT2D eigenvalue weighted by Crippen LogP contribution is -2.55. The molecule has 0 N–H and O–H groups in total. The summed E-state index contributed by atoms with van der Waals surface area (Å²) in [5.74, 6) is 0.637. The number of urea groups is 1. The Kier molecular flexibility index (Phi) is 12.6. The first-order valence-electron chi connectivity index (χ1n) is 15.6. The molecule has 49 heavy (non-hydrogen) atoms. The second-order valence-electron chi connectivity index (χ2n) is 12.0. The maximum atomic E-state index is 14.8. The van der Waals surface area contributed by atoms with Gasteiger partial charge >= 0.3 is 6.03 Å². The smallest absolute Gasteiger partial charge is 0.326 e. The zero-order valence-corrected chi connectivity index (χ0v) is 31.2. The minimum absolute atomic E-state index is 0. The Bertz CT molecular complexity index is 1780. The summed E-state index contributed by atoms with van der Waals surface area (Å²) in [4.78, 5) is 39.4. The Balaban J connectivity index is 0.00000541. The van der Waals surface area contributed by atoms with Crippen molar-refractivity contribution in [2.45, 2.75) is 23.9 Å². The first-order valence-corrected chi connectivity index (χ1v) is 17.8. The van der Waals surface area contributed by atoms with Crippen molar-refractivity contribution in [2.75, 3.05) is 67.5 Å². The molecule has 1 saturated heterocycles. The minimum Gasteiger partial charge on any atom is -0.493 e. The maximum Gasteiger partial charge on any atom is 0.326 e. The lowest BCUT2D eigenvalue weighted by atomic mass is 9.93. The van der Waals surface area contributed by atoms with E-state index in [2.05, 4.69) is 0 Å². The van der Waals surface area contributed by atoms with E-state index < -0.39 is 22.1 Å². The molecule has 0 saturated carbocycles. The van der Waals surface area contributed by atoms with E-state index in [1.807, 2.05) is 36.1 Å². The number of nitrogens with zero attached hydrogens (tertiary/aromatic N) is 6. The molecule has 0 radical (unpaired) electrons. The van der Waals surface area contributed by atoms with Gasteiger partial charge in [-0.1, -0.05) is 47.5 Å². The van der Waals surface area contributed by atoms with E-state index in [4.69, 9.17) is 32.9 Å². The van der Waals surface area contributed by atoms with Crippen LogP contribution in [-0.2, 0) is 14.8 Å². The van der Waals surface area contributed by atoms with Crippen LogP contribution in [0.1, 0.15) is 35.7 Å². The third kappa shape index (κ3) is 8.33. The highest BCUT2D eigenvalue weighted by Gasteiger charge is 2.45. The fraction of sp³-hybridized carbons (Fsp3) is 0.382. The molecule has 2 atom stereocenters. The number of aliphatic imine (C=N–C) groups is 1. The van der Waals surface area contributed by atoms with E-state index in [0.29, 0.717) is 47.6 Å². The van der Waals surface area contributed by atoms with Crippen molar-refractivity contribution >= 4 is 63.4 Å². The Morgan fingerprint density at radius 2 is 1.45 bits per heavy atom. The molecule has 5 rings (SSSR count). The van der Waals surface area contributed by atoms with E-state index in [0.717, 1.165) is 15.4 Å². The van der Waals surface area contributed by atoms with Gasteiger partial charge < -0.3 is 14.5 Å². The number of hydrogen-bond donors (Lipinski definition) is 0. The van der Waals surface area contributed by atoms with Crippen LogP contribution in [0.4, 0.5) is 4.79 Å². The Labute approximate surface area is 304 Å². The fourth-order valence-corrected chi connectivity index (χ4v) is 6.94. The molecule has 2 aliphatic heterocycles. The Morgan fingerprint density at radius 3 is 1.98 bits per heavy atom. The molecule has 0 aromatic heterocycles. The molecule has 0 spiro atoms. The lowest BCUT2D eigenvalue weighted by Gasteiger charge is -2.39. The summed E-state index contributed by atoms with van der Waals surface area (Å²) in [7, 11) is 2.61. The van der Waals surface area contributed by atoms with Gasteiger partial charge in [0.1, 0.15) is 17.6 Å². The van der Waals surface area contributed by atoms with Crippen molar-refractivity contribution in [3.63, 3.8) is 0 Å². The van der Waals surface area contributed by atoms with Crippen LogP contribution in [0.3, 0.4) is 0 Å². The first kappa shape index (κ1) is 38.4. The van der Waals surface area contributed by atoms with Crippen molar-refractivity contribution in [1.82, 2.24) is 23.9 Å². The van der Waals surface area contributed by atoms with Crippen LogP contribution >= 0.6 is 35.6 Å². The minimum atomic E-state index is -3.77. The lowest BCUT2D eigenvalue weighted by molar-refractivity contribution is -0.130. The molecule has 2 aliphatic rings. The summed E-state index contributed by atoms with van der Waals surface area (Å²) >= 11 is 12.6. The maximum absolute atomic E-state index is 14.8. The van der Waals surface area contributed by atoms with Gasteiger partial charge in [-0.2, -0.15) is 0 Å². The highest BCUT2D eigenvalue weighted by Crippen LogP contribution is 2.45. The quantitative estimate of drug-likeness (QED) is 0.289.